The van der Waals surface area contributed by atoms with Crippen LogP contribution in [-0.2, 0) is 16.1 Å². The van der Waals surface area contributed by atoms with Gasteiger partial charge in [0.1, 0.15) is 5.82 Å². The van der Waals surface area contributed by atoms with E-state index in [-0.39, 0.29) is 24.2 Å². The van der Waals surface area contributed by atoms with Crippen molar-refractivity contribution in [2.45, 2.75) is 19.4 Å². The van der Waals surface area contributed by atoms with Crippen molar-refractivity contribution in [3.05, 3.63) is 48.2 Å². The van der Waals surface area contributed by atoms with E-state index in [0.717, 1.165) is 5.56 Å². The van der Waals surface area contributed by atoms with E-state index < -0.39 is 0 Å². The molecule has 2 aromatic rings. The molecule has 1 saturated heterocycles. The summed E-state index contributed by atoms with van der Waals surface area (Å²) in [5.41, 5.74) is 1.11. The third kappa shape index (κ3) is 3.59. The first-order valence-electron chi connectivity index (χ1n) is 7.74. The number of nitrogens with one attached hydrogen (secondary N) is 1. The molecule has 1 N–H and O–H groups in total. The molecule has 1 fully saturated rings. The molecule has 1 aliphatic heterocycles. The van der Waals surface area contributed by atoms with E-state index >= 15 is 0 Å². The predicted octanol–water partition coefficient (Wildman–Crippen LogP) is 1.74. The van der Waals surface area contributed by atoms with Gasteiger partial charge in [0.2, 0.25) is 11.8 Å². The lowest BCUT2D eigenvalue weighted by atomic mass is 9.96. The molecular formula is C17H20N4O2. The number of nitrogens with zero attached hydrogens (tertiary/aromatic N) is 3. The summed E-state index contributed by atoms with van der Waals surface area (Å²) in [6, 6.07) is 11.7. The Labute approximate surface area is 135 Å². The molecule has 1 aromatic carbocycles. The van der Waals surface area contributed by atoms with E-state index in [4.69, 9.17) is 0 Å². The Morgan fingerprint density at radius 1 is 1.30 bits per heavy atom. The lowest BCUT2D eigenvalue weighted by Gasteiger charge is -2.27. The SMILES string of the molecule is CN1CCC(C(=O)Nc2ccnn2Cc2ccccc2)CC1=O. The van der Waals surface area contributed by atoms with Crippen molar-refractivity contribution in [3.63, 3.8) is 0 Å². The number of hydrogen-bond acceptors (Lipinski definition) is 3. The standard InChI is InChI=1S/C17H20N4O2/c1-20-10-8-14(11-16(20)22)17(23)19-15-7-9-18-21(15)12-13-5-3-2-4-6-13/h2-7,9,14H,8,10-12H2,1H3,(H,19,23). The van der Waals surface area contributed by atoms with Gasteiger partial charge in [-0.3, -0.25) is 9.59 Å². The van der Waals surface area contributed by atoms with Crippen LogP contribution in [0.1, 0.15) is 18.4 Å². The highest BCUT2D eigenvalue weighted by Crippen LogP contribution is 2.20. The smallest absolute Gasteiger partial charge is 0.229 e. The summed E-state index contributed by atoms with van der Waals surface area (Å²) in [6.45, 7) is 1.22. The molecule has 1 aromatic heterocycles. The largest absolute Gasteiger partial charge is 0.346 e. The van der Waals surface area contributed by atoms with E-state index in [0.29, 0.717) is 25.3 Å². The number of rotatable bonds is 4. The molecule has 0 bridgehead atoms. The van der Waals surface area contributed by atoms with Crippen LogP contribution in [0.25, 0.3) is 0 Å². The minimum atomic E-state index is -0.265. The first-order chi connectivity index (χ1) is 11.1. The second kappa shape index (κ2) is 6.64. The van der Waals surface area contributed by atoms with Crippen molar-refractivity contribution in [1.82, 2.24) is 14.7 Å². The fourth-order valence-corrected chi connectivity index (χ4v) is 2.72. The Morgan fingerprint density at radius 2 is 2.09 bits per heavy atom. The Balaban J connectivity index is 1.66. The summed E-state index contributed by atoms with van der Waals surface area (Å²) >= 11 is 0. The molecule has 6 heteroatoms. The van der Waals surface area contributed by atoms with Gasteiger partial charge in [-0.2, -0.15) is 5.10 Å². The highest BCUT2D eigenvalue weighted by Gasteiger charge is 2.29. The number of hydrogen-bond donors (Lipinski definition) is 1. The lowest BCUT2D eigenvalue weighted by Crippen LogP contribution is -2.40. The highest BCUT2D eigenvalue weighted by atomic mass is 16.2. The zero-order chi connectivity index (χ0) is 16.2. The van der Waals surface area contributed by atoms with Gasteiger partial charge in [0.25, 0.3) is 0 Å². The molecule has 1 aliphatic rings. The maximum atomic E-state index is 12.4. The first-order valence-corrected chi connectivity index (χ1v) is 7.74. The molecule has 6 nitrogen and oxygen atoms in total. The Bertz CT molecular complexity index is 696. The van der Waals surface area contributed by atoms with Crippen LogP contribution in [0.3, 0.4) is 0 Å². The number of amides is 2. The zero-order valence-corrected chi connectivity index (χ0v) is 13.1. The van der Waals surface area contributed by atoms with Gasteiger partial charge in [-0.05, 0) is 12.0 Å². The van der Waals surface area contributed by atoms with Gasteiger partial charge in [-0.1, -0.05) is 30.3 Å². The van der Waals surface area contributed by atoms with Crippen molar-refractivity contribution >= 4 is 17.6 Å². The molecule has 0 aliphatic carbocycles. The zero-order valence-electron chi connectivity index (χ0n) is 13.1. The van der Waals surface area contributed by atoms with E-state index in [9.17, 15) is 9.59 Å². The summed E-state index contributed by atoms with van der Waals surface area (Å²) in [4.78, 5) is 25.8. The second-order valence-corrected chi connectivity index (χ2v) is 5.85. The summed E-state index contributed by atoms with van der Waals surface area (Å²) in [5.74, 6) is 0.305. The summed E-state index contributed by atoms with van der Waals surface area (Å²) < 4.78 is 1.75. The van der Waals surface area contributed by atoms with Crippen LogP contribution in [-0.4, -0.2) is 40.1 Å². The minimum Gasteiger partial charge on any atom is -0.346 e. The number of anilines is 1. The molecule has 3 rings (SSSR count). The van der Waals surface area contributed by atoms with Gasteiger partial charge in [-0.25, -0.2) is 4.68 Å². The topological polar surface area (TPSA) is 67.2 Å². The second-order valence-electron chi connectivity index (χ2n) is 5.85. The third-order valence-corrected chi connectivity index (χ3v) is 4.17. The summed E-state index contributed by atoms with van der Waals surface area (Å²) in [7, 11) is 1.77. The van der Waals surface area contributed by atoms with Crippen LogP contribution in [0, 0.1) is 5.92 Å². The number of carbonyl (C=O) groups is 2. The van der Waals surface area contributed by atoms with Crippen LogP contribution in [0.2, 0.25) is 0 Å². The van der Waals surface area contributed by atoms with Crippen molar-refractivity contribution in [1.29, 1.82) is 0 Å². The Morgan fingerprint density at radius 3 is 2.83 bits per heavy atom. The van der Waals surface area contributed by atoms with Crippen LogP contribution in [0.4, 0.5) is 5.82 Å². The molecule has 23 heavy (non-hydrogen) atoms. The van der Waals surface area contributed by atoms with Crippen LogP contribution in [0.15, 0.2) is 42.6 Å². The average molecular weight is 312 g/mol. The average Bonchev–Trinajstić information content (AvgIpc) is 2.98. The van der Waals surface area contributed by atoms with Crippen molar-refractivity contribution in [2.24, 2.45) is 5.92 Å². The first kappa shape index (κ1) is 15.3. The predicted molar refractivity (Wildman–Crippen MR) is 86.8 cm³/mol. The quantitative estimate of drug-likeness (QED) is 0.935. The maximum Gasteiger partial charge on any atom is 0.229 e. The number of aromatic nitrogens is 2. The Hall–Kier alpha value is -2.63. The summed E-state index contributed by atoms with van der Waals surface area (Å²) in [5, 5.41) is 7.17. The normalized spacial score (nSPS) is 18.0. The third-order valence-electron chi connectivity index (χ3n) is 4.17. The molecule has 0 spiro atoms. The van der Waals surface area contributed by atoms with E-state index in [1.165, 1.54) is 0 Å². The fraction of sp³-hybridized carbons (Fsp3) is 0.353. The van der Waals surface area contributed by atoms with Crippen LogP contribution >= 0.6 is 0 Å². The molecule has 1 atom stereocenters. The minimum absolute atomic E-state index is 0.0224. The number of carbonyl (C=O) groups excluding carboxylic acids is 2. The highest BCUT2D eigenvalue weighted by molar-refractivity contribution is 5.95. The van der Waals surface area contributed by atoms with Gasteiger partial charge in [0, 0.05) is 32.0 Å². The molecule has 2 heterocycles. The molecular weight excluding hydrogens is 292 g/mol. The van der Waals surface area contributed by atoms with Crippen molar-refractivity contribution < 1.29 is 9.59 Å². The van der Waals surface area contributed by atoms with Gasteiger partial charge >= 0.3 is 0 Å². The van der Waals surface area contributed by atoms with Gasteiger partial charge in [-0.15, -0.1) is 0 Å². The number of piperidine rings is 1. The summed E-state index contributed by atoms with van der Waals surface area (Å²) in [6.07, 6.45) is 2.63. The van der Waals surface area contributed by atoms with Gasteiger partial charge in [0.05, 0.1) is 12.7 Å². The van der Waals surface area contributed by atoms with E-state index in [2.05, 4.69) is 10.4 Å². The molecule has 1 unspecified atom stereocenters. The van der Waals surface area contributed by atoms with Gasteiger partial charge in [0.15, 0.2) is 0 Å². The van der Waals surface area contributed by atoms with Crippen molar-refractivity contribution in [2.75, 3.05) is 18.9 Å². The monoisotopic (exact) mass is 312 g/mol. The molecule has 0 radical (unpaired) electrons. The van der Waals surface area contributed by atoms with Crippen molar-refractivity contribution in [3.8, 4) is 0 Å². The van der Waals surface area contributed by atoms with Crippen LogP contribution < -0.4 is 5.32 Å². The molecule has 0 saturated carbocycles. The van der Waals surface area contributed by atoms with E-state index in [1.54, 1.807) is 28.9 Å². The molecule has 120 valence electrons. The fourth-order valence-electron chi connectivity index (χ4n) is 2.72. The molecule has 2 amide bonds. The number of likely N-dealkylation sites (tertiary alicyclic amines) is 1. The maximum absolute atomic E-state index is 12.4. The van der Waals surface area contributed by atoms with E-state index in [1.807, 2.05) is 30.3 Å². The number of benzene rings is 1. The Kier molecular flexibility index (Phi) is 4.41. The lowest BCUT2D eigenvalue weighted by molar-refractivity contribution is -0.137. The van der Waals surface area contributed by atoms with Crippen LogP contribution in [0.5, 0.6) is 0 Å². The van der Waals surface area contributed by atoms with Gasteiger partial charge < -0.3 is 10.2 Å².